The van der Waals surface area contributed by atoms with E-state index >= 15 is 0 Å². The van der Waals surface area contributed by atoms with Gasteiger partial charge in [-0.1, -0.05) is 12.7 Å². The van der Waals surface area contributed by atoms with E-state index in [0.717, 1.165) is 6.08 Å². The average Bonchev–Trinajstić information content (AvgIpc) is 2.01. The Balaban J connectivity index is 0. The molecular weight excluding hydrogens is 174 g/mol. The van der Waals surface area contributed by atoms with Crippen LogP contribution in [0.1, 0.15) is 13.3 Å². The molecule has 0 aliphatic rings. The second-order valence-electron chi connectivity index (χ2n) is 1.95. The summed E-state index contributed by atoms with van der Waals surface area (Å²) in [5, 5.41) is 5.40. The molecule has 0 aliphatic carbocycles. The molecular formula is C8H11NO4. The summed E-state index contributed by atoms with van der Waals surface area (Å²) < 4.78 is 4.52. The highest BCUT2D eigenvalue weighted by molar-refractivity contribution is 5.94. The number of hydrogen-bond donors (Lipinski definition) is 1. The lowest BCUT2D eigenvalue weighted by molar-refractivity contribution is -0.144. The van der Waals surface area contributed by atoms with Gasteiger partial charge in [-0.15, -0.1) is 0 Å². The maximum atomic E-state index is 10.5. The van der Waals surface area contributed by atoms with Gasteiger partial charge in [0.2, 0.25) is 6.08 Å². The van der Waals surface area contributed by atoms with E-state index in [0.29, 0.717) is 0 Å². The zero-order valence-corrected chi connectivity index (χ0v) is 7.33. The standard InChI is InChI=1S/C7H10O3.CHNO/c1-3-4-10-7(9)5-6(2)8;2-1-3/h3H,1,4-5H2,2H3;2H. The smallest absolute Gasteiger partial charge is 0.313 e. The van der Waals surface area contributed by atoms with Crippen molar-refractivity contribution in [2.45, 2.75) is 13.3 Å². The number of rotatable bonds is 4. The first kappa shape index (κ1) is 13.8. The molecule has 5 nitrogen and oxygen atoms in total. The number of Topliss-reactive ketones (excluding diaryl/α,β-unsaturated/α-hetero) is 1. The largest absolute Gasteiger partial charge is 0.461 e. The van der Waals surface area contributed by atoms with Gasteiger partial charge in [-0.25, -0.2) is 10.2 Å². The van der Waals surface area contributed by atoms with Crippen LogP contribution in [0, 0.1) is 5.41 Å². The molecule has 0 aromatic rings. The fourth-order valence-electron chi connectivity index (χ4n) is 0.406. The Kier molecular flexibility index (Phi) is 10.9. The first-order valence-electron chi connectivity index (χ1n) is 3.38. The average molecular weight is 185 g/mol. The first-order valence-corrected chi connectivity index (χ1v) is 3.38. The molecule has 0 aromatic heterocycles. The van der Waals surface area contributed by atoms with Crippen LogP contribution in [-0.2, 0) is 19.1 Å². The number of ether oxygens (including phenoxy) is 1. The van der Waals surface area contributed by atoms with Crippen molar-refractivity contribution in [1.29, 1.82) is 5.41 Å². The normalized spacial score (nSPS) is 7.15. The summed E-state index contributed by atoms with van der Waals surface area (Å²) in [7, 11) is 0. The fraction of sp³-hybridized carbons (Fsp3) is 0.375. The minimum atomic E-state index is -0.493. The van der Waals surface area contributed by atoms with E-state index in [1.165, 1.54) is 13.0 Å². The Hall–Kier alpha value is -1.74. The summed E-state index contributed by atoms with van der Waals surface area (Å²) in [4.78, 5) is 29.2. The van der Waals surface area contributed by atoms with Gasteiger partial charge in [0.1, 0.15) is 18.8 Å². The summed E-state index contributed by atoms with van der Waals surface area (Å²) in [6, 6.07) is 0. The lowest BCUT2D eigenvalue weighted by Crippen LogP contribution is -2.08. The van der Waals surface area contributed by atoms with Crippen molar-refractivity contribution in [2.24, 2.45) is 0 Å². The SMILES string of the molecule is C=CCOC(=O)CC(C)=O.N=C=O. The Morgan fingerprint density at radius 3 is 2.38 bits per heavy atom. The summed E-state index contributed by atoms with van der Waals surface area (Å²) in [5.41, 5.74) is 0. The minimum absolute atomic E-state index is 0.145. The Bertz CT molecular complexity index is 216. The van der Waals surface area contributed by atoms with Crippen LogP contribution < -0.4 is 0 Å². The van der Waals surface area contributed by atoms with Crippen LogP contribution in [-0.4, -0.2) is 24.4 Å². The van der Waals surface area contributed by atoms with Crippen molar-refractivity contribution in [3.8, 4) is 0 Å². The molecule has 5 heteroatoms. The number of isocyanates is 1. The van der Waals surface area contributed by atoms with Crippen molar-refractivity contribution in [1.82, 2.24) is 0 Å². The summed E-state index contributed by atoms with van der Waals surface area (Å²) in [6.07, 6.45) is 2.06. The van der Waals surface area contributed by atoms with Gasteiger partial charge in [-0.3, -0.25) is 9.59 Å². The van der Waals surface area contributed by atoms with Crippen molar-refractivity contribution in [2.75, 3.05) is 6.61 Å². The van der Waals surface area contributed by atoms with E-state index in [-0.39, 0.29) is 18.8 Å². The summed E-state index contributed by atoms with van der Waals surface area (Å²) >= 11 is 0. The fourth-order valence-corrected chi connectivity index (χ4v) is 0.406. The third-order valence-electron chi connectivity index (χ3n) is 0.755. The minimum Gasteiger partial charge on any atom is -0.461 e. The summed E-state index contributed by atoms with van der Waals surface area (Å²) in [6.45, 7) is 4.86. The zero-order chi connectivity index (χ0) is 10.7. The molecule has 1 N–H and O–H groups in total. The second-order valence-corrected chi connectivity index (χ2v) is 1.95. The monoisotopic (exact) mass is 185 g/mol. The van der Waals surface area contributed by atoms with Gasteiger partial charge in [0.15, 0.2) is 0 Å². The third-order valence-corrected chi connectivity index (χ3v) is 0.755. The number of hydrogen-bond acceptors (Lipinski definition) is 5. The van der Waals surface area contributed by atoms with Gasteiger partial charge in [-0.05, 0) is 6.92 Å². The second kappa shape index (κ2) is 10.3. The van der Waals surface area contributed by atoms with Gasteiger partial charge >= 0.3 is 5.97 Å². The van der Waals surface area contributed by atoms with Crippen LogP contribution in [0.2, 0.25) is 0 Å². The molecule has 0 saturated heterocycles. The van der Waals surface area contributed by atoms with E-state index in [2.05, 4.69) is 11.3 Å². The van der Waals surface area contributed by atoms with Crippen LogP contribution in [0.25, 0.3) is 0 Å². The predicted octanol–water partition coefficient (Wildman–Crippen LogP) is 0.596. The molecule has 0 rings (SSSR count). The molecule has 0 unspecified atom stereocenters. The highest BCUT2D eigenvalue weighted by atomic mass is 16.5. The molecule has 72 valence electrons. The molecule has 0 heterocycles. The highest BCUT2D eigenvalue weighted by Gasteiger charge is 2.03. The van der Waals surface area contributed by atoms with E-state index in [9.17, 15) is 9.59 Å². The van der Waals surface area contributed by atoms with Crippen molar-refractivity contribution in [3.05, 3.63) is 12.7 Å². The molecule has 0 saturated carbocycles. The number of nitrogens with one attached hydrogen (secondary N) is 1. The third kappa shape index (κ3) is 17.9. The number of esters is 1. The first-order chi connectivity index (χ1) is 6.08. The molecule has 0 amide bonds. The molecule has 0 aromatic carbocycles. The van der Waals surface area contributed by atoms with Gasteiger partial charge in [0.25, 0.3) is 0 Å². The topological polar surface area (TPSA) is 84.3 Å². The lowest BCUT2D eigenvalue weighted by Gasteiger charge is -1.96. The van der Waals surface area contributed by atoms with Crippen LogP contribution >= 0.6 is 0 Å². The molecule has 0 radical (unpaired) electrons. The van der Waals surface area contributed by atoms with Crippen molar-refractivity contribution >= 4 is 17.8 Å². The van der Waals surface area contributed by atoms with E-state index in [4.69, 9.17) is 10.2 Å². The maximum Gasteiger partial charge on any atom is 0.313 e. The molecule has 0 bridgehead atoms. The van der Waals surface area contributed by atoms with Gasteiger partial charge in [-0.2, -0.15) is 0 Å². The molecule has 0 spiro atoms. The summed E-state index contributed by atoms with van der Waals surface area (Å²) in [5.74, 6) is -0.679. The predicted molar refractivity (Wildman–Crippen MR) is 44.9 cm³/mol. The van der Waals surface area contributed by atoms with E-state index < -0.39 is 5.97 Å². The van der Waals surface area contributed by atoms with E-state index in [1.54, 1.807) is 0 Å². The molecule has 0 fully saturated rings. The van der Waals surface area contributed by atoms with Crippen LogP contribution in [0.4, 0.5) is 0 Å². The van der Waals surface area contributed by atoms with E-state index in [1.807, 2.05) is 0 Å². The molecule has 0 aliphatic heterocycles. The number of carbonyl (C=O) groups excluding carboxylic acids is 3. The quantitative estimate of drug-likeness (QED) is 0.228. The van der Waals surface area contributed by atoms with Crippen LogP contribution in [0.5, 0.6) is 0 Å². The van der Waals surface area contributed by atoms with Crippen LogP contribution in [0.3, 0.4) is 0 Å². The van der Waals surface area contributed by atoms with Gasteiger partial charge in [0, 0.05) is 0 Å². The van der Waals surface area contributed by atoms with Gasteiger partial charge < -0.3 is 4.74 Å². The number of carbonyl (C=O) groups is 2. The Morgan fingerprint density at radius 1 is 1.62 bits per heavy atom. The van der Waals surface area contributed by atoms with Crippen molar-refractivity contribution < 1.29 is 19.1 Å². The zero-order valence-electron chi connectivity index (χ0n) is 7.33. The number of ketones is 1. The van der Waals surface area contributed by atoms with Crippen molar-refractivity contribution in [3.63, 3.8) is 0 Å². The Labute approximate surface area is 75.9 Å². The lowest BCUT2D eigenvalue weighted by atomic mass is 10.3. The van der Waals surface area contributed by atoms with Crippen LogP contribution in [0.15, 0.2) is 12.7 Å². The Morgan fingerprint density at radius 2 is 2.08 bits per heavy atom. The molecule has 0 atom stereocenters. The molecule has 13 heavy (non-hydrogen) atoms. The van der Waals surface area contributed by atoms with Gasteiger partial charge in [0.05, 0.1) is 0 Å². The maximum absolute atomic E-state index is 10.5. The highest BCUT2D eigenvalue weighted by Crippen LogP contribution is 1.87.